The highest BCUT2D eigenvalue weighted by atomic mass is 35.5. The molecule has 2 aliphatic rings. The van der Waals surface area contributed by atoms with Crippen molar-refractivity contribution >= 4 is 51.6 Å². The van der Waals surface area contributed by atoms with E-state index >= 15 is 0 Å². The van der Waals surface area contributed by atoms with Gasteiger partial charge in [0, 0.05) is 17.5 Å². The van der Waals surface area contributed by atoms with E-state index < -0.39 is 8.95 Å². The van der Waals surface area contributed by atoms with Crippen LogP contribution in [0.5, 0.6) is 0 Å². The van der Waals surface area contributed by atoms with Crippen molar-refractivity contribution in [2.45, 2.75) is 36.6 Å². The maximum Gasteiger partial charge on any atom is 0.187 e. The number of carbonyl (C=O) groups excluding carboxylic acids is 1. The molecule has 1 atom stereocenters. The van der Waals surface area contributed by atoms with Crippen LogP contribution in [-0.2, 0) is 13.7 Å². The second-order valence-electron chi connectivity index (χ2n) is 9.90. The van der Waals surface area contributed by atoms with Gasteiger partial charge in [-0.1, -0.05) is 125 Å². The molecule has 0 amide bonds. The molecule has 3 nitrogen and oxygen atoms in total. The number of ketones is 1. The predicted octanol–water partition coefficient (Wildman–Crippen LogP) is 8.57. The molecule has 0 aromatic heterocycles. The first-order valence-corrected chi connectivity index (χ1v) is 14.6. The maximum atomic E-state index is 12.8. The summed E-state index contributed by atoms with van der Waals surface area (Å²) >= 11 is 9.97. The Morgan fingerprint density at radius 2 is 1.37 bits per heavy atom. The molecular weight excluding hydrogens is 528 g/mol. The van der Waals surface area contributed by atoms with Crippen LogP contribution >= 0.6 is 35.1 Å². The van der Waals surface area contributed by atoms with Crippen molar-refractivity contribution in [1.82, 2.24) is 0 Å². The number of hydrogen-bond acceptors (Lipinski definition) is 5. The molecule has 0 bridgehead atoms. The summed E-state index contributed by atoms with van der Waals surface area (Å²) in [6, 6.07) is 32.1. The normalized spacial score (nSPS) is 19.5. The van der Waals surface area contributed by atoms with Crippen LogP contribution in [0.15, 0.2) is 96.1 Å². The van der Waals surface area contributed by atoms with Crippen LogP contribution in [0.4, 0.5) is 5.69 Å². The summed E-state index contributed by atoms with van der Waals surface area (Å²) in [6.07, 6.45) is 0. The van der Waals surface area contributed by atoms with Gasteiger partial charge in [0.1, 0.15) is 0 Å². The van der Waals surface area contributed by atoms with E-state index in [4.69, 9.17) is 16.7 Å². The second-order valence-corrected chi connectivity index (χ2v) is 13.2. The molecule has 0 aliphatic carbocycles. The van der Waals surface area contributed by atoms with Crippen LogP contribution in [0.25, 0.3) is 0 Å². The smallest absolute Gasteiger partial charge is 0.187 e. The van der Waals surface area contributed by atoms with Crippen LogP contribution < -0.4 is 5.01 Å². The van der Waals surface area contributed by atoms with E-state index in [0.29, 0.717) is 10.1 Å². The lowest BCUT2D eigenvalue weighted by Crippen LogP contribution is -2.34. The summed E-state index contributed by atoms with van der Waals surface area (Å²) < 4.78 is -1.22. The van der Waals surface area contributed by atoms with Gasteiger partial charge in [-0.25, -0.2) is 5.01 Å². The number of hydrogen-bond donors (Lipinski definition) is 0. The molecule has 0 saturated carbocycles. The Kier molecular flexibility index (Phi) is 6.21. The lowest BCUT2D eigenvalue weighted by atomic mass is 9.81. The summed E-state index contributed by atoms with van der Waals surface area (Å²) in [5, 5.41) is 8.16. The molecule has 0 saturated heterocycles. The number of benzene rings is 4. The van der Waals surface area contributed by atoms with Gasteiger partial charge in [0.05, 0.1) is 10.4 Å². The lowest BCUT2D eigenvalue weighted by Gasteiger charge is -2.37. The minimum atomic E-state index is -0.706. The Bertz CT molecular complexity index is 1550. The zero-order valence-electron chi connectivity index (χ0n) is 21.7. The SMILES string of the molecule is CC(=O)C1=NN(c2cccc(Cl)c2C)[C@@]2(S1)SC(c1ccc(C)cc1)(c1ccc(C)cc1)c1ccccc12. The number of carbonyl (C=O) groups is 1. The van der Waals surface area contributed by atoms with E-state index in [2.05, 4.69) is 86.6 Å². The molecule has 0 fully saturated rings. The lowest BCUT2D eigenvalue weighted by molar-refractivity contribution is -0.110. The molecule has 1 spiro atoms. The number of aryl methyl sites for hydroxylation is 2. The van der Waals surface area contributed by atoms with Gasteiger partial charge >= 0.3 is 0 Å². The van der Waals surface area contributed by atoms with E-state index in [0.717, 1.165) is 16.8 Å². The molecule has 4 aromatic carbocycles. The van der Waals surface area contributed by atoms with Gasteiger partial charge in [0.2, 0.25) is 0 Å². The highest BCUT2D eigenvalue weighted by Gasteiger charge is 2.61. The van der Waals surface area contributed by atoms with Gasteiger partial charge in [-0.3, -0.25) is 4.79 Å². The van der Waals surface area contributed by atoms with Gasteiger partial charge < -0.3 is 0 Å². The minimum absolute atomic E-state index is 0.0437. The van der Waals surface area contributed by atoms with Crippen molar-refractivity contribution < 1.29 is 4.79 Å². The fourth-order valence-corrected chi connectivity index (χ4v) is 9.03. The molecule has 38 heavy (non-hydrogen) atoms. The fraction of sp³-hybridized carbons (Fsp3) is 0.188. The monoisotopic (exact) mass is 554 g/mol. The van der Waals surface area contributed by atoms with E-state index in [9.17, 15) is 4.79 Å². The Morgan fingerprint density at radius 3 is 1.95 bits per heavy atom. The van der Waals surface area contributed by atoms with Crippen molar-refractivity contribution in [2.75, 3.05) is 5.01 Å². The molecule has 2 aliphatic heterocycles. The Morgan fingerprint density at radius 1 is 0.789 bits per heavy atom. The van der Waals surface area contributed by atoms with Gasteiger partial charge in [0.15, 0.2) is 15.0 Å². The van der Waals surface area contributed by atoms with Gasteiger partial charge in [-0.15, -0.1) is 0 Å². The fourth-order valence-electron chi connectivity index (χ4n) is 5.32. The zero-order chi connectivity index (χ0) is 26.7. The first-order chi connectivity index (χ1) is 18.3. The Hall–Kier alpha value is -2.99. The number of anilines is 1. The van der Waals surface area contributed by atoms with Gasteiger partial charge in [-0.2, -0.15) is 5.10 Å². The summed E-state index contributed by atoms with van der Waals surface area (Å²) in [5.74, 6) is -0.0437. The van der Waals surface area contributed by atoms with Crippen molar-refractivity contribution in [2.24, 2.45) is 5.10 Å². The standard InChI is InChI=1S/C32H27ClN2OS2/c1-20-12-16-24(17-13-20)31(25-18-14-21(2)15-19-25)26-8-5-6-9-27(26)32(38-31)35(34-30(37-32)23(4)36)29-11-7-10-28(33)22(29)3/h5-19H,1-4H3/t32-/m0/s1. The zero-order valence-corrected chi connectivity index (χ0v) is 24.0. The Labute approximate surface area is 237 Å². The third-order valence-corrected chi connectivity index (χ3v) is 11.1. The van der Waals surface area contributed by atoms with Crippen molar-refractivity contribution in [3.8, 4) is 0 Å². The largest absolute Gasteiger partial charge is 0.292 e. The molecule has 0 unspecified atom stereocenters. The number of hydrazone groups is 1. The predicted molar refractivity (Wildman–Crippen MR) is 162 cm³/mol. The summed E-state index contributed by atoms with van der Waals surface area (Å²) in [4.78, 5) is 12.8. The van der Waals surface area contributed by atoms with Crippen LogP contribution in [-0.4, -0.2) is 10.8 Å². The summed E-state index contributed by atoms with van der Waals surface area (Å²) in [7, 11) is 0. The number of thioether (sulfide) groups is 2. The first-order valence-electron chi connectivity index (χ1n) is 12.5. The molecule has 2 heterocycles. The minimum Gasteiger partial charge on any atom is -0.292 e. The highest BCUT2D eigenvalue weighted by Crippen LogP contribution is 2.71. The van der Waals surface area contributed by atoms with Crippen LogP contribution in [0.2, 0.25) is 5.02 Å². The molecule has 6 rings (SSSR count). The topological polar surface area (TPSA) is 32.7 Å². The quantitative estimate of drug-likeness (QED) is 0.253. The number of nitrogens with zero attached hydrogens (tertiary/aromatic N) is 2. The van der Waals surface area contributed by atoms with Crippen molar-refractivity contribution in [3.05, 3.63) is 135 Å². The van der Waals surface area contributed by atoms with E-state index in [1.807, 2.05) is 41.9 Å². The average Bonchev–Trinajstić information content (AvgIpc) is 3.44. The molecule has 0 radical (unpaired) electrons. The molecule has 0 N–H and O–H groups in total. The third kappa shape index (κ3) is 3.75. The molecule has 6 heteroatoms. The van der Waals surface area contributed by atoms with Gasteiger partial charge in [-0.05, 0) is 55.2 Å². The highest BCUT2D eigenvalue weighted by molar-refractivity contribution is 8.27. The molecular formula is C32H27ClN2OS2. The number of rotatable bonds is 4. The number of Topliss-reactive ketones (excluding diaryl/α,β-unsaturated/α-hetero) is 1. The maximum absolute atomic E-state index is 12.8. The van der Waals surface area contributed by atoms with E-state index in [1.54, 1.807) is 6.92 Å². The average molecular weight is 555 g/mol. The van der Waals surface area contributed by atoms with E-state index in [1.165, 1.54) is 39.6 Å². The second kappa shape index (κ2) is 9.33. The van der Waals surface area contributed by atoms with E-state index in [-0.39, 0.29) is 5.78 Å². The van der Waals surface area contributed by atoms with Gasteiger partial charge in [0.25, 0.3) is 0 Å². The van der Waals surface area contributed by atoms with Crippen LogP contribution in [0.1, 0.15) is 45.9 Å². The number of halogens is 1. The van der Waals surface area contributed by atoms with Crippen LogP contribution in [0, 0.1) is 20.8 Å². The van der Waals surface area contributed by atoms with Crippen molar-refractivity contribution in [1.29, 1.82) is 0 Å². The molecule has 4 aromatic rings. The summed E-state index contributed by atoms with van der Waals surface area (Å²) in [5.41, 5.74) is 8.99. The third-order valence-electron chi connectivity index (χ3n) is 7.33. The van der Waals surface area contributed by atoms with Crippen LogP contribution in [0.3, 0.4) is 0 Å². The molecule has 190 valence electrons. The Balaban J connectivity index is 1.67. The summed E-state index contributed by atoms with van der Waals surface area (Å²) in [6.45, 7) is 7.83. The number of fused-ring (bicyclic) bond motifs is 2. The van der Waals surface area contributed by atoms with Crippen molar-refractivity contribution in [3.63, 3.8) is 0 Å². The first kappa shape index (κ1) is 25.3.